The quantitative estimate of drug-likeness (QED) is 0.291. The molecule has 0 saturated carbocycles. The highest BCUT2D eigenvalue weighted by Crippen LogP contribution is 2.20. The van der Waals surface area contributed by atoms with Crippen molar-refractivity contribution in [3.63, 3.8) is 0 Å². The number of methoxy groups -OCH3 is 1. The number of benzene rings is 1. The molecule has 0 aromatic heterocycles. The van der Waals surface area contributed by atoms with Gasteiger partial charge in [-0.15, -0.1) is 0 Å². The van der Waals surface area contributed by atoms with Crippen LogP contribution in [-0.2, 0) is 4.74 Å². The molecule has 0 spiro atoms. The van der Waals surface area contributed by atoms with E-state index in [2.05, 4.69) is 39.5 Å². The first-order chi connectivity index (χ1) is 14.8. The van der Waals surface area contributed by atoms with Gasteiger partial charge in [0.2, 0.25) is 0 Å². The summed E-state index contributed by atoms with van der Waals surface area (Å²) in [5.74, 6) is 1.84. The fraction of sp³-hybridized carbons (Fsp3) is 0.696. The maximum absolute atomic E-state index is 5.38. The van der Waals surface area contributed by atoms with Crippen LogP contribution < -0.4 is 20.3 Å². The Morgan fingerprint density at radius 3 is 2.43 bits per heavy atom. The Kier molecular flexibility index (Phi) is 12.1. The zero-order valence-electron chi connectivity index (χ0n) is 19.2. The van der Waals surface area contributed by atoms with Crippen molar-refractivity contribution in [2.24, 2.45) is 4.99 Å². The summed E-state index contributed by atoms with van der Waals surface area (Å²) in [5.41, 5.74) is 1.28. The molecule has 2 rings (SSSR count). The molecule has 0 unspecified atom stereocenters. The van der Waals surface area contributed by atoms with Gasteiger partial charge >= 0.3 is 0 Å². The zero-order chi connectivity index (χ0) is 21.4. The van der Waals surface area contributed by atoms with Gasteiger partial charge in [-0.2, -0.15) is 0 Å². The molecule has 0 bridgehead atoms. The Hall–Kier alpha value is -1.99. The number of nitrogens with one attached hydrogen (secondary N) is 2. The summed E-state index contributed by atoms with van der Waals surface area (Å²) in [5, 5.41) is 6.76. The second kappa shape index (κ2) is 14.9. The first kappa shape index (κ1) is 24.3. The number of hydrogen-bond acceptors (Lipinski definition) is 5. The Balaban J connectivity index is 1.61. The van der Waals surface area contributed by atoms with Crippen LogP contribution in [0.2, 0.25) is 0 Å². The molecule has 1 aliphatic rings. The number of aliphatic imine (C=N–C) groups is 1. The molecule has 30 heavy (non-hydrogen) atoms. The van der Waals surface area contributed by atoms with Crippen LogP contribution in [0, 0.1) is 0 Å². The van der Waals surface area contributed by atoms with Crippen LogP contribution in [0.25, 0.3) is 0 Å². The molecule has 0 radical (unpaired) electrons. The van der Waals surface area contributed by atoms with E-state index in [0.29, 0.717) is 0 Å². The van der Waals surface area contributed by atoms with Crippen molar-refractivity contribution in [3.8, 4) is 5.75 Å². The summed E-state index contributed by atoms with van der Waals surface area (Å²) in [6.07, 6.45) is 3.27. The topological polar surface area (TPSA) is 61.4 Å². The molecule has 1 aliphatic heterocycles. The number of rotatable bonds is 13. The largest absolute Gasteiger partial charge is 0.497 e. The van der Waals surface area contributed by atoms with Crippen molar-refractivity contribution in [2.75, 3.05) is 77.6 Å². The summed E-state index contributed by atoms with van der Waals surface area (Å²) in [7, 11) is 1.71. The first-order valence-corrected chi connectivity index (χ1v) is 11.5. The highest BCUT2D eigenvalue weighted by Gasteiger charge is 2.16. The van der Waals surface area contributed by atoms with Crippen LogP contribution in [0.1, 0.15) is 33.1 Å². The van der Waals surface area contributed by atoms with Gasteiger partial charge in [0.1, 0.15) is 5.75 Å². The Morgan fingerprint density at radius 1 is 1.00 bits per heavy atom. The van der Waals surface area contributed by atoms with Crippen molar-refractivity contribution in [1.82, 2.24) is 15.5 Å². The second-order valence-corrected chi connectivity index (χ2v) is 7.47. The minimum absolute atomic E-state index is 0.800. The van der Waals surface area contributed by atoms with Gasteiger partial charge in [-0.25, -0.2) is 0 Å². The van der Waals surface area contributed by atoms with Gasteiger partial charge in [0.05, 0.1) is 7.11 Å². The van der Waals surface area contributed by atoms with Crippen molar-refractivity contribution in [3.05, 3.63) is 24.3 Å². The van der Waals surface area contributed by atoms with E-state index >= 15 is 0 Å². The predicted molar refractivity (Wildman–Crippen MR) is 126 cm³/mol. The number of ether oxygens (including phenoxy) is 2. The predicted octanol–water partition coefficient (Wildman–Crippen LogP) is 2.58. The average Bonchev–Trinajstić information content (AvgIpc) is 2.79. The number of anilines is 1. The van der Waals surface area contributed by atoms with Crippen molar-refractivity contribution in [1.29, 1.82) is 0 Å². The van der Waals surface area contributed by atoms with Crippen molar-refractivity contribution >= 4 is 11.6 Å². The van der Waals surface area contributed by atoms with E-state index in [1.165, 1.54) is 5.69 Å². The number of unbranched alkanes of at least 4 members (excludes halogenated alkanes) is 1. The molecule has 1 aromatic carbocycles. The summed E-state index contributed by atoms with van der Waals surface area (Å²) >= 11 is 0. The third-order valence-electron chi connectivity index (χ3n) is 5.27. The van der Waals surface area contributed by atoms with E-state index in [9.17, 15) is 0 Å². The maximum atomic E-state index is 5.38. The number of guanidine groups is 1. The van der Waals surface area contributed by atoms with Crippen LogP contribution in [-0.4, -0.2) is 83.5 Å². The van der Waals surface area contributed by atoms with E-state index in [4.69, 9.17) is 14.5 Å². The average molecular weight is 420 g/mol. The molecule has 7 heteroatoms. The van der Waals surface area contributed by atoms with E-state index in [-0.39, 0.29) is 0 Å². The fourth-order valence-electron chi connectivity index (χ4n) is 3.53. The smallest absolute Gasteiger partial charge is 0.191 e. The molecule has 0 amide bonds. The molecular formula is C23H41N5O2. The van der Waals surface area contributed by atoms with E-state index in [0.717, 1.165) is 96.5 Å². The standard InChI is InChI=1S/C23H41N5O2/c1-4-24-23(25-13-6-7-20-30-5-2)26-14-8-15-27-16-18-28(19-17-27)21-9-11-22(29-3)12-10-21/h9-12H,4-8,13-20H2,1-3H3,(H2,24,25,26). The normalized spacial score (nSPS) is 15.3. The Morgan fingerprint density at radius 2 is 1.77 bits per heavy atom. The van der Waals surface area contributed by atoms with Crippen LogP contribution >= 0.6 is 0 Å². The van der Waals surface area contributed by atoms with Crippen molar-refractivity contribution < 1.29 is 9.47 Å². The molecule has 0 atom stereocenters. The van der Waals surface area contributed by atoms with E-state index in [1.807, 2.05) is 19.1 Å². The lowest BCUT2D eigenvalue weighted by molar-refractivity contribution is 0.143. The molecule has 0 aliphatic carbocycles. The van der Waals surface area contributed by atoms with Crippen molar-refractivity contribution in [2.45, 2.75) is 33.1 Å². The zero-order valence-corrected chi connectivity index (χ0v) is 19.2. The monoisotopic (exact) mass is 419 g/mol. The second-order valence-electron chi connectivity index (χ2n) is 7.47. The SMILES string of the molecule is CCNC(=NCCCN1CCN(c2ccc(OC)cc2)CC1)NCCCCOCC. The Labute approximate surface area is 182 Å². The molecular weight excluding hydrogens is 378 g/mol. The van der Waals surface area contributed by atoms with E-state index < -0.39 is 0 Å². The molecule has 1 heterocycles. The van der Waals surface area contributed by atoms with Gasteiger partial charge in [-0.1, -0.05) is 0 Å². The molecule has 1 aromatic rings. The van der Waals surface area contributed by atoms with Gasteiger partial charge in [0, 0.05) is 71.3 Å². The lowest BCUT2D eigenvalue weighted by Gasteiger charge is -2.36. The van der Waals surface area contributed by atoms with Gasteiger partial charge in [0.25, 0.3) is 0 Å². The molecule has 1 saturated heterocycles. The molecule has 1 fully saturated rings. The number of nitrogens with zero attached hydrogens (tertiary/aromatic N) is 3. The van der Waals surface area contributed by atoms with Crippen LogP contribution in [0.15, 0.2) is 29.3 Å². The van der Waals surface area contributed by atoms with Gasteiger partial charge in [0.15, 0.2) is 5.96 Å². The van der Waals surface area contributed by atoms with Crippen LogP contribution in [0.3, 0.4) is 0 Å². The summed E-state index contributed by atoms with van der Waals surface area (Å²) < 4.78 is 10.6. The minimum atomic E-state index is 0.800. The highest BCUT2D eigenvalue weighted by atomic mass is 16.5. The number of piperazine rings is 1. The van der Waals surface area contributed by atoms with Gasteiger partial charge in [-0.05, 0) is 57.4 Å². The lowest BCUT2D eigenvalue weighted by atomic mass is 10.2. The third kappa shape index (κ3) is 9.22. The fourth-order valence-corrected chi connectivity index (χ4v) is 3.53. The summed E-state index contributed by atoms with van der Waals surface area (Å²) in [6, 6.07) is 8.37. The molecule has 2 N–H and O–H groups in total. The lowest BCUT2D eigenvalue weighted by Crippen LogP contribution is -2.46. The maximum Gasteiger partial charge on any atom is 0.191 e. The highest BCUT2D eigenvalue weighted by molar-refractivity contribution is 5.79. The van der Waals surface area contributed by atoms with Gasteiger partial charge in [-0.3, -0.25) is 9.89 Å². The Bertz CT molecular complexity index is 586. The number of hydrogen-bond donors (Lipinski definition) is 2. The van der Waals surface area contributed by atoms with Gasteiger partial charge < -0.3 is 25.0 Å². The summed E-state index contributed by atoms with van der Waals surface area (Å²) in [4.78, 5) is 9.72. The molecule has 170 valence electrons. The molecule has 7 nitrogen and oxygen atoms in total. The first-order valence-electron chi connectivity index (χ1n) is 11.5. The minimum Gasteiger partial charge on any atom is -0.497 e. The van der Waals surface area contributed by atoms with Crippen LogP contribution in [0.5, 0.6) is 5.75 Å². The summed E-state index contributed by atoms with van der Waals surface area (Å²) in [6.45, 7) is 13.9. The third-order valence-corrected chi connectivity index (χ3v) is 5.27. The van der Waals surface area contributed by atoms with E-state index in [1.54, 1.807) is 7.11 Å². The van der Waals surface area contributed by atoms with Crippen LogP contribution in [0.4, 0.5) is 5.69 Å².